The first-order valence-electron chi connectivity index (χ1n) is 7.53. The van der Waals surface area contributed by atoms with Gasteiger partial charge in [0.05, 0.1) is 6.10 Å². The molecule has 2 rings (SSSR count). The van der Waals surface area contributed by atoms with Gasteiger partial charge in [-0.25, -0.2) is 0 Å². The first kappa shape index (κ1) is 14.5. The third-order valence-electron chi connectivity index (χ3n) is 4.19. The van der Waals surface area contributed by atoms with E-state index in [0.29, 0.717) is 6.42 Å². The Balaban J connectivity index is 2.04. The molecular weight excluding hydrogens is 242 g/mol. The van der Waals surface area contributed by atoms with Gasteiger partial charge < -0.3 is 9.64 Å². The lowest BCUT2D eigenvalue weighted by molar-refractivity contribution is -0.145. The highest BCUT2D eigenvalue weighted by Crippen LogP contribution is 2.25. The van der Waals surface area contributed by atoms with Gasteiger partial charge in [0.15, 0.2) is 0 Å². The molecule has 0 spiro atoms. The van der Waals surface area contributed by atoms with Gasteiger partial charge in [-0.05, 0) is 39.5 Å². The van der Waals surface area contributed by atoms with Crippen molar-refractivity contribution >= 4 is 11.7 Å². The third-order valence-corrected chi connectivity index (χ3v) is 4.19. The lowest BCUT2D eigenvalue weighted by atomic mass is 10.0. The maximum Gasteiger partial charge on any atom is 0.251 e. The number of amides is 1. The van der Waals surface area contributed by atoms with Crippen molar-refractivity contribution < 1.29 is 14.3 Å². The summed E-state index contributed by atoms with van der Waals surface area (Å²) in [6.07, 6.45) is 6.45. The van der Waals surface area contributed by atoms with Gasteiger partial charge in [-0.15, -0.1) is 0 Å². The van der Waals surface area contributed by atoms with Gasteiger partial charge >= 0.3 is 0 Å². The van der Waals surface area contributed by atoms with E-state index in [1.54, 1.807) is 6.92 Å². The molecule has 3 unspecified atom stereocenters. The van der Waals surface area contributed by atoms with Crippen molar-refractivity contribution in [3.05, 3.63) is 0 Å². The molecule has 0 aromatic carbocycles. The Kier molecular flexibility index (Phi) is 4.97. The summed E-state index contributed by atoms with van der Waals surface area (Å²) in [4.78, 5) is 25.9. The Labute approximate surface area is 115 Å². The number of nitrogens with zero attached hydrogens (tertiary/aromatic N) is 1. The van der Waals surface area contributed by atoms with Crippen molar-refractivity contribution in [2.45, 2.75) is 77.0 Å². The van der Waals surface area contributed by atoms with E-state index in [1.165, 1.54) is 0 Å². The Bertz CT molecular complexity index is 342. The van der Waals surface area contributed by atoms with Crippen LogP contribution in [0.3, 0.4) is 0 Å². The molecule has 0 N–H and O–H groups in total. The van der Waals surface area contributed by atoms with Gasteiger partial charge in [0.2, 0.25) is 0 Å². The second-order valence-electron chi connectivity index (χ2n) is 5.95. The highest BCUT2D eigenvalue weighted by molar-refractivity contribution is 5.83. The average Bonchev–Trinajstić information content (AvgIpc) is 2.65. The molecule has 0 saturated carbocycles. The van der Waals surface area contributed by atoms with Crippen molar-refractivity contribution in [3.63, 3.8) is 0 Å². The molecule has 3 atom stereocenters. The summed E-state index contributed by atoms with van der Waals surface area (Å²) < 4.78 is 5.69. The summed E-state index contributed by atoms with van der Waals surface area (Å²) in [7, 11) is 0. The molecular formula is C15H25NO3. The molecule has 4 nitrogen and oxygen atoms in total. The molecule has 2 heterocycles. The van der Waals surface area contributed by atoms with Gasteiger partial charge in [0.25, 0.3) is 5.91 Å². The number of hydrogen-bond donors (Lipinski definition) is 0. The molecule has 19 heavy (non-hydrogen) atoms. The first-order valence-corrected chi connectivity index (χ1v) is 7.53. The topological polar surface area (TPSA) is 46.6 Å². The fourth-order valence-corrected chi connectivity index (χ4v) is 3.18. The Morgan fingerprint density at radius 2 is 1.95 bits per heavy atom. The van der Waals surface area contributed by atoms with Crippen molar-refractivity contribution in [3.8, 4) is 0 Å². The van der Waals surface area contributed by atoms with E-state index >= 15 is 0 Å². The van der Waals surface area contributed by atoms with Crippen molar-refractivity contribution in [2.24, 2.45) is 0 Å². The molecule has 2 aliphatic heterocycles. The fraction of sp³-hybridized carbons (Fsp3) is 0.867. The largest absolute Gasteiger partial charge is 0.365 e. The molecule has 2 saturated heterocycles. The van der Waals surface area contributed by atoms with Crippen LogP contribution in [0.2, 0.25) is 0 Å². The quantitative estimate of drug-likeness (QED) is 0.788. The average molecular weight is 267 g/mol. The van der Waals surface area contributed by atoms with Gasteiger partial charge in [0.1, 0.15) is 11.9 Å². The number of hydrogen-bond acceptors (Lipinski definition) is 3. The smallest absolute Gasteiger partial charge is 0.251 e. The van der Waals surface area contributed by atoms with E-state index in [9.17, 15) is 9.59 Å². The summed E-state index contributed by atoms with van der Waals surface area (Å²) in [6.45, 7) is 4.41. The lowest BCUT2D eigenvalue weighted by Crippen LogP contribution is -2.46. The maximum absolute atomic E-state index is 12.6. The Hall–Kier alpha value is -0.900. The number of Topliss-reactive ketones (excluding diaryl/α,β-unsaturated/α-hetero) is 1. The van der Waals surface area contributed by atoms with E-state index in [0.717, 1.165) is 45.1 Å². The molecule has 0 bridgehead atoms. The molecule has 108 valence electrons. The Morgan fingerprint density at radius 3 is 2.58 bits per heavy atom. The van der Waals surface area contributed by atoms with Crippen LogP contribution < -0.4 is 0 Å². The van der Waals surface area contributed by atoms with Gasteiger partial charge in [-0.1, -0.05) is 12.8 Å². The zero-order valence-electron chi connectivity index (χ0n) is 12.1. The number of rotatable bonds is 3. The van der Waals surface area contributed by atoms with Crippen molar-refractivity contribution in [1.29, 1.82) is 0 Å². The van der Waals surface area contributed by atoms with E-state index in [-0.39, 0.29) is 29.9 Å². The van der Waals surface area contributed by atoms with E-state index in [2.05, 4.69) is 0 Å². The van der Waals surface area contributed by atoms with Crippen LogP contribution in [-0.4, -0.2) is 41.4 Å². The molecule has 0 radical (unpaired) electrons. The minimum absolute atomic E-state index is 0.0898. The second-order valence-corrected chi connectivity index (χ2v) is 5.95. The van der Waals surface area contributed by atoms with Crippen LogP contribution >= 0.6 is 0 Å². The van der Waals surface area contributed by atoms with Crippen LogP contribution in [0.4, 0.5) is 0 Å². The fourth-order valence-electron chi connectivity index (χ4n) is 3.18. The predicted molar refractivity (Wildman–Crippen MR) is 72.8 cm³/mol. The standard InChI is InChI=1S/C15H25NO3/c1-11(17)10-13-6-4-3-5-9-16(13)15(18)14-8-7-12(2)19-14/h12-14H,3-10H2,1-2H3. The summed E-state index contributed by atoms with van der Waals surface area (Å²) in [5, 5.41) is 0. The van der Waals surface area contributed by atoms with Crippen LogP contribution in [0.5, 0.6) is 0 Å². The molecule has 0 aromatic rings. The summed E-state index contributed by atoms with van der Waals surface area (Å²) in [5.41, 5.74) is 0. The molecule has 0 aliphatic carbocycles. The first-order chi connectivity index (χ1) is 9.08. The number of carbonyl (C=O) groups is 2. The minimum Gasteiger partial charge on any atom is -0.365 e. The summed E-state index contributed by atoms with van der Waals surface area (Å²) >= 11 is 0. The van der Waals surface area contributed by atoms with Gasteiger partial charge in [0, 0.05) is 19.0 Å². The molecule has 0 aromatic heterocycles. The van der Waals surface area contributed by atoms with Crippen LogP contribution in [0.15, 0.2) is 0 Å². The predicted octanol–water partition coefficient (Wildman–Crippen LogP) is 2.30. The highest BCUT2D eigenvalue weighted by atomic mass is 16.5. The molecule has 1 amide bonds. The zero-order chi connectivity index (χ0) is 13.8. The monoisotopic (exact) mass is 267 g/mol. The minimum atomic E-state index is -0.275. The normalized spacial score (nSPS) is 32.1. The van der Waals surface area contributed by atoms with Gasteiger partial charge in [-0.3, -0.25) is 9.59 Å². The molecule has 2 fully saturated rings. The number of ether oxygens (including phenoxy) is 1. The van der Waals surface area contributed by atoms with Crippen LogP contribution in [0.25, 0.3) is 0 Å². The number of likely N-dealkylation sites (tertiary alicyclic amines) is 1. The second kappa shape index (κ2) is 6.51. The van der Waals surface area contributed by atoms with E-state index in [1.807, 2.05) is 11.8 Å². The third kappa shape index (κ3) is 3.78. The number of ketones is 1. The van der Waals surface area contributed by atoms with E-state index < -0.39 is 0 Å². The number of carbonyl (C=O) groups excluding carboxylic acids is 2. The summed E-state index contributed by atoms with van der Waals surface area (Å²) in [6, 6.07) is 0.0898. The lowest BCUT2D eigenvalue weighted by Gasteiger charge is -2.31. The molecule has 2 aliphatic rings. The van der Waals surface area contributed by atoms with Crippen molar-refractivity contribution in [2.75, 3.05) is 6.54 Å². The SMILES string of the molecule is CC(=O)CC1CCCCCN1C(=O)C1CCC(C)O1. The van der Waals surface area contributed by atoms with Gasteiger partial charge in [-0.2, -0.15) is 0 Å². The highest BCUT2D eigenvalue weighted by Gasteiger charge is 2.35. The van der Waals surface area contributed by atoms with E-state index in [4.69, 9.17) is 4.74 Å². The maximum atomic E-state index is 12.6. The summed E-state index contributed by atoms with van der Waals surface area (Å²) in [5.74, 6) is 0.280. The van der Waals surface area contributed by atoms with Crippen LogP contribution in [0, 0.1) is 0 Å². The molecule has 4 heteroatoms. The van der Waals surface area contributed by atoms with Crippen LogP contribution in [0.1, 0.15) is 58.8 Å². The van der Waals surface area contributed by atoms with Crippen LogP contribution in [-0.2, 0) is 14.3 Å². The van der Waals surface area contributed by atoms with Crippen molar-refractivity contribution in [1.82, 2.24) is 4.90 Å². The Morgan fingerprint density at radius 1 is 1.16 bits per heavy atom. The zero-order valence-corrected chi connectivity index (χ0v) is 12.1.